The molecule has 100 valence electrons. The number of nitrogens with zero attached hydrogens (tertiary/aromatic N) is 2. The van der Waals surface area contributed by atoms with Crippen LogP contribution in [-0.2, 0) is 4.74 Å². The number of anilines is 1. The van der Waals surface area contributed by atoms with Crippen LogP contribution in [0.1, 0.15) is 5.56 Å². The molecular formula is C12H14N4O3. The number of benzene rings is 1. The summed E-state index contributed by atoms with van der Waals surface area (Å²) in [6.07, 6.45) is 0.0423. The summed E-state index contributed by atoms with van der Waals surface area (Å²) in [5, 5.41) is 26.1. The second-order valence-corrected chi connectivity index (χ2v) is 4.28. The number of nitro groups is 1. The molecule has 0 saturated carbocycles. The molecule has 0 aliphatic carbocycles. The van der Waals surface area contributed by atoms with Crippen LogP contribution in [0.15, 0.2) is 18.2 Å². The predicted octanol–water partition coefficient (Wildman–Crippen LogP) is 0.865. The number of hydrogen-bond donors (Lipinski definition) is 2. The van der Waals surface area contributed by atoms with Crippen LogP contribution in [-0.4, -0.2) is 37.3 Å². The monoisotopic (exact) mass is 262 g/mol. The third-order valence-corrected chi connectivity index (χ3v) is 3.13. The third-order valence-electron chi connectivity index (χ3n) is 3.13. The molecule has 1 unspecified atom stereocenters. The van der Waals surface area contributed by atoms with Gasteiger partial charge in [-0.15, -0.1) is 0 Å². The molecule has 1 saturated heterocycles. The van der Waals surface area contributed by atoms with Gasteiger partial charge in [0.25, 0.3) is 5.69 Å². The van der Waals surface area contributed by atoms with Gasteiger partial charge in [0.1, 0.15) is 11.6 Å². The summed E-state index contributed by atoms with van der Waals surface area (Å²) >= 11 is 0. The Labute approximate surface area is 110 Å². The minimum absolute atomic E-state index is 0.0423. The van der Waals surface area contributed by atoms with Crippen LogP contribution in [0.3, 0.4) is 0 Å². The largest absolute Gasteiger partial charge is 0.378 e. The molecule has 1 heterocycles. The average Bonchev–Trinajstić information content (AvgIpc) is 2.85. The maximum atomic E-state index is 10.7. The Morgan fingerprint density at radius 1 is 1.58 bits per heavy atom. The lowest BCUT2D eigenvalue weighted by atomic mass is 10.1. The van der Waals surface area contributed by atoms with Gasteiger partial charge in [-0.3, -0.25) is 10.1 Å². The normalized spacial score (nSPS) is 21.9. The molecule has 1 aromatic rings. The number of hydrogen-bond acceptors (Lipinski definition) is 6. The van der Waals surface area contributed by atoms with E-state index >= 15 is 0 Å². The Hall–Kier alpha value is -2.17. The summed E-state index contributed by atoms with van der Waals surface area (Å²) in [7, 11) is 1.64. The standard InChI is InChI=1S/C12H14N4O3/c1-19-12-7-14-6-10(12)15-9-2-3-11(16(17)18)8(4-9)5-13/h2-4,10,12,14-15H,6-7H2,1H3/t10?,12-/m0/s1. The van der Waals surface area contributed by atoms with Gasteiger partial charge in [-0.2, -0.15) is 5.26 Å². The highest BCUT2D eigenvalue weighted by atomic mass is 16.6. The van der Waals surface area contributed by atoms with Crippen molar-refractivity contribution < 1.29 is 9.66 Å². The van der Waals surface area contributed by atoms with E-state index in [4.69, 9.17) is 10.00 Å². The molecule has 7 nitrogen and oxygen atoms in total. The first-order valence-electron chi connectivity index (χ1n) is 5.84. The highest BCUT2D eigenvalue weighted by molar-refractivity contribution is 5.59. The number of methoxy groups -OCH3 is 1. The molecule has 19 heavy (non-hydrogen) atoms. The molecule has 1 aliphatic heterocycles. The van der Waals surface area contributed by atoms with E-state index in [0.717, 1.165) is 13.1 Å². The lowest BCUT2D eigenvalue weighted by Crippen LogP contribution is -2.33. The minimum atomic E-state index is -0.558. The van der Waals surface area contributed by atoms with E-state index in [9.17, 15) is 10.1 Å². The zero-order valence-electron chi connectivity index (χ0n) is 10.4. The van der Waals surface area contributed by atoms with E-state index in [1.165, 1.54) is 12.1 Å². The van der Waals surface area contributed by atoms with E-state index in [1.54, 1.807) is 13.2 Å². The van der Waals surface area contributed by atoms with E-state index in [-0.39, 0.29) is 23.4 Å². The highest BCUT2D eigenvalue weighted by Crippen LogP contribution is 2.23. The molecule has 1 aromatic carbocycles. The summed E-state index contributed by atoms with van der Waals surface area (Å²) in [6, 6.07) is 6.35. The number of rotatable bonds is 4. The second-order valence-electron chi connectivity index (χ2n) is 4.28. The smallest absolute Gasteiger partial charge is 0.287 e. The SMILES string of the molecule is CO[C@H]1CNCC1Nc1ccc([N+](=O)[O-])c(C#N)c1. The Morgan fingerprint density at radius 3 is 3.00 bits per heavy atom. The Balaban J connectivity index is 2.18. The maximum Gasteiger partial charge on any atom is 0.287 e. The summed E-state index contributed by atoms with van der Waals surface area (Å²) in [5.41, 5.74) is 0.550. The molecular weight excluding hydrogens is 248 g/mol. The van der Waals surface area contributed by atoms with Crippen LogP contribution >= 0.6 is 0 Å². The number of nitrogens with one attached hydrogen (secondary N) is 2. The molecule has 0 spiro atoms. The van der Waals surface area contributed by atoms with Gasteiger partial charge < -0.3 is 15.4 Å². The van der Waals surface area contributed by atoms with Crippen LogP contribution in [0.25, 0.3) is 0 Å². The van der Waals surface area contributed by atoms with Crippen molar-refractivity contribution >= 4 is 11.4 Å². The Morgan fingerprint density at radius 2 is 2.37 bits per heavy atom. The third kappa shape index (κ3) is 2.81. The molecule has 0 radical (unpaired) electrons. The van der Waals surface area contributed by atoms with Crippen molar-refractivity contribution in [1.82, 2.24) is 5.32 Å². The number of nitro benzene ring substituents is 1. The fourth-order valence-corrected chi connectivity index (χ4v) is 2.14. The number of ether oxygens (including phenoxy) is 1. The van der Waals surface area contributed by atoms with E-state index in [2.05, 4.69) is 10.6 Å². The maximum absolute atomic E-state index is 10.7. The molecule has 2 N–H and O–H groups in total. The van der Waals surface area contributed by atoms with Crippen molar-refractivity contribution in [3.05, 3.63) is 33.9 Å². The topological polar surface area (TPSA) is 100 Å². The quantitative estimate of drug-likeness (QED) is 0.616. The fourth-order valence-electron chi connectivity index (χ4n) is 2.14. The lowest BCUT2D eigenvalue weighted by molar-refractivity contribution is -0.385. The van der Waals surface area contributed by atoms with Crippen LogP contribution in [0.2, 0.25) is 0 Å². The van der Waals surface area contributed by atoms with Gasteiger partial charge in [-0.25, -0.2) is 0 Å². The zero-order valence-corrected chi connectivity index (χ0v) is 10.4. The van der Waals surface area contributed by atoms with Crippen LogP contribution in [0.5, 0.6) is 0 Å². The van der Waals surface area contributed by atoms with Crippen LogP contribution < -0.4 is 10.6 Å². The van der Waals surface area contributed by atoms with Gasteiger partial charge in [0.15, 0.2) is 0 Å². The van der Waals surface area contributed by atoms with Gasteiger partial charge in [0, 0.05) is 32.0 Å². The van der Waals surface area contributed by atoms with E-state index < -0.39 is 4.92 Å². The van der Waals surface area contributed by atoms with Gasteiger partial charge >= 0.3 is 0 Å². The van der Waals surface area contributed by atoms with Crippen molar-refractivity contribution in [1.29, 1.82) is 5.26 Å². The van der Waals surface area contributed by atoms with Crippen LogP contribution in [0, 0.1) is 21.4 Å². The van der Waals surface area contributed by atoms with Crippen LogP contribution in [0.4, 0.5) is 11.4 Å². The van der Waals surface area contributed by atoms with Crippen molar-refractivity contribution in [2.45, 2.75) is 12.1 Å². The van der Waals surface area contributed by atoms with Gasteiger partial charge in [0.05, 0.1) is 17.1 Å². The Bertz CT molecular complexity index is 526. The van der Waals surface area contributed by atoms with E-state index in [1.807, 2.05) is 6.07 Å². The highest BCUT2D eigenvalue weighted by Gasteiger charge is 2.27. The van der Waals surface area contributed by atoms with Gasteiger partial charge in [0.2, 0.25) is 0 Å². The first-order valence-corrected chi connectivity index (χ1v) is 5.84. The molecule has 0 bridgehead atoms. The first-order chi connectivity index (χ1) is 9.15. The fraction of sp³-hybridized carbons (Fsp3) is 0.417. The summed E-state index contributed by atoms with van der Waals surface area (Å²) in [5.74, 6) is 0. The van der Waals surface area contributed by atoms with E-state index in [0.29, 0.717) is 5.69 Å². The average molecular weight is 262 g/mol. The Kier molecular flexibility index (Phi) is 3.94. The molecule has 7 heteroatoms. The molecule has 1 aliphatic rings. The predicted molar refractivity (Wildman–Crippen MR) is 68.9 cm³/mol. The summed E-state index contributed by atoms with van der Waals surface area (Å²) in [6.45, 7) is 1.50. The summed E-state index contributed by atoms with van der Waals surface area (Å²) < 4.78 is 5.32. The van der Waals surface area contributed by atoms with Crippen molar-refractivity contribution in [2.24, 2.45) is 0 Å². The molecule has 1 fully saturated rings. The first kappa shape index (κ1) is 13.3. The van der Waals surface area contributed by atoms with Crippen molar-refractivity contribution in [3.63, 3.8) is 0 Å². The molecule has 0 amide bonds. The van der Waals surface area contributed by atoms with Gasteiger partial charge in [-0.1, -0.05) is 0 Å². The second kappa shape index (κ2) is 5.65. The molecule has 2 atom stereocenters. The molecule has 2 rings (SSSR count). The minimum Gasteiger partial charge on any atom is -0.378 e. The summed E-state index contributed by atoms with van der Waals surface area (Å²) in [4.78, 5) is 10.2. The lowest BCUT2D eigenvalue weighted by Gasteiger charge is -2.19. The molecule has 0 aromatic heterocycles. The zero-order chi connectivity index (χ0) is 13.8. The van der Waals surface area contributed by atoms with Crippen molar-refractivity contribution in [2.75, 3.05) is 25.5 Å². The van der Waals surface area contributed by atoms with Gasteiger partial charge in [-0.05, 0) is 12.1 Å². The van der Waals surface area contributed by atoms with Crippen molar-refractivity contribution in [3.8, 4) is 6.07 Å². The number of nitriles is 1.